The molecule has 2 unspecified atom stereocenters. The minimum atomic E-state index is -0.262. The van der Waals surface area contributed by atoms with E-state index in [9.17, 15) is 9.18 Å². The van der Waals surface area contributed by atoms with Gasteiger partial charge in [-0.3, -0.25) is 9.69 Å². The molecule has 0 aromatic heterocycles. The number of rotatable bonds is 4. The predicted octanol–water partition coefficient (Wildman–Crippen LogP) is 3.21. The van der Waals surface area contributed by atoms with Crippen LogP contribution in [-0.4, -0.2) is 31.1 Å². The van der Waals surface area contributed by atoms with Crippen LogP contribution in [0.25, 0.3) is 0 Å². The molecule has 2 atom stereocenters. The lowest BCUT2D eigenvalue weighted by molar-refractivity contribution is -0.145. The van der Waals surface area contributed by atoms with Gasteiger partial charge in [-0.2, -0.15) is 0 Å². The highest BCUT2D eigenvalue weighted by Crippen LogP contribution is 2.34. The van der Waals surface area contributed by atoms with Gasteiger partial charge < -0.3 is 4.74 Å². The Morgan fingerprint density at radius 2 is 1.83 bits per heavy atom. The number of hydrogen-bond acceptors (Lipinski definition) is 3. The van der Waals surface area contributed by atoms with E-state index in [4.69, 9.17) is 4.74 Å². The first-order valence-corrected chi connectivity index (χ1v) is 7.77. The highest BCUT2D eigenvalue weighted by molar-refractivity contribution is 5.74. The number of benzene rings is 2. The molecule has 4 heteroatoms. The summed E-state index contributed by atoms with van der Waals surface area (Å²) in [4.78, 5) is 14.4. The van der Waals surface area contributed by atoms with Crippen LogP contribution in [0, 0.1) is 11.7 Å². The van der Waals surface area contributed by atoms with Gasteiger partial charge in [0.15, 0.2) is 0 Å². The minimum absolute atomic E-state index is 0.0340. The highest BCUT2D eigenvalue weighted by Gasteiger charge is 2.39. The molecule has 0 radical (unpaired) electrons. The average Bonchev–Trinajstić information content (AvgIpc) is 2.99. The zero-order chi connectivity index (χ0) is 16.2. The zero-order valence-electron chi connectivity index (χ0n) is 13.1. The number of ether oxygens (including phenoxy) is 1. The zero-order valence-corrected chi connectivity index (χ0v) is 13.1. The van der Waals surface area contributed by atoms with Crippen LogP contribution in [0.15, 0.2) is 54.6 Å². The molecule has 1 aliphatic heterocycles. The first kappa shape index (κ1) is 15.7. The van der Waals surface area contributed by atoms with Crippen molar-refractivity contribution in [2.24, 2.45) is 5.92 Å². The summed E-state index contributed by atoms with van der Waals surface area (Å²) in [6.07, 6.45) is 0. The van der Waals surface area contributed by atoms with Crippen LogP contribution in [0.3, 0.4) is 0 Å². The molecule has 0 bridgehead atoms. The van der Waals surface area contributed by atoms with Crippen molar-refractivity contribution in [2.45, 2.75) is 12.5 Å². The summed E-state index contributed by atoms with van der Waals surface area (Å²) in [6, 6.07) is 16.6. The molecule has 1 aliphatic rings. The summed E-state index contributed by atoms with van der Waals surface area (Å²) in [5.41, 5.74) is 2.20. The molecule has 1 heterocycles. The second kappa shape index (κ2) is 6.92. The van der Waals surface area contributed by atoms with Gasteiger partial charge in [0.1, 0.15) is 5.82 Å². The van der Waals surface area contributed by atoms with E-state index in [2.05, 4.69) is 17.0 Å². The van der Waals surface area contributed by atoms with Crippen LogP contribution in [0.2, 0.25) is 0 Å². The molecule has 0 aliphatic carbocycles. The quantitative estimate of drug-likeness (QED) is 0.812. The number of nitrogens with zero attached hydrogens (tertiary/aromatic N) is 1. The minimum Gasteiger partial charge on any atom is -0.469 e. The van der Waals surface area contributed by atoms with Crippen molar-refractivity contribution >= 4 is 5.97 Å². The number of esters is 1. The lowest BCUT2D eigenvalue weighted by Crippen LogP contribution is -2.24. The lowest BCUT2D eigenvalue weighted by atomic mass is 9.89. The molecule has 0 amide bonds. The van der Waals surface area contributed by atoms with Gasteiger partial charge in [0.05, 0.1) is 13.0 Å². The molecule has 2 aromatic rings. The van der Waals surface area contributed by atoms with Crippen molar-refractivity contribution in [3.8, 4) is 0 Å². The molecule has 3 rings (SSSR count). The van der Waals surface area contributed by atoms with E-state index in [1.54, 1.807) is 12.1 Å². The first-order chi connectivity index (χ1) is 11.2. The van der Waals surface area contributed by atoms with Crippen molar-refractivity contribution in [3.63, 3.8) is 0 Å². The Morgan fingerprint density at radius 3 is 2.48 bits per heavy atom. The third-order valence-corrected chi connectivity index (χ3v) is 4.45. The van der Waals surface area contributed by atoms with Gasteiger partial charge in [-0.25, -0.2) is 4.39 Å². The standard InChI is InChI=1S/C19H20FNO2/c1-23-19(22)18-13-21(11-14-5-3-2-4-6-14)12-17(18)15-7-9-16(20)10-8-15/h2-10,17-18H,11-13H2,1H3. The fourth-order valence-electron chi connectivity index (χ4n) is 3.29. The lowest BCUT2D eigenvalue weighted by Gasteiger charge is -2.16. The largest absolute Gasteiger partial charge is 0.469 e. The predicted molar refractivity (Wildman–Crippen MR) is 86.4 cm³/mol. The van der Waals surface area contributed by atoms with Crippen molar-refractivity contribution in [1.29, 1.82) is 0 Å². The number of likely N-dealkylation sites (tertiary alicyclic amines) is 1. The maximum Gasteiger partial charge on any atom is 0.310 e. The summed E-state index contributed by atoms with van der Waals surface area (Å²) in [7, 11) is 1.42. The topological polar surface area (TPSA) is 29.5 Å². The van der Waals surface area contributed by atoms with E-state index in [0.717, 1.165) is 18.7 Å². The van der Waals surface area contributed by atoms with E-state index < -0.39 is 0 Å². The smallest absolute Gasteiger partial charge is 0.310 e. The van der Waals surface area contributed by atoms with Crippen LogP contribution < -0.4 is 0 Å². The summed E-state index contributed by atoms with van der Waals surface area (Å²) >= 11 is 0. The molecule has 1 saturated heterocycles. The molecular formula is C19H20FNO2. The summed E-state index contributed by atoms with van der Waals surface area (Å²) in [5.74, 6) is -0.640. The van der Waals surface area contributed by atoms with E-state index >= 15 is 0 Å². The molecule has 120 valence electrons. The maximum absolute atomic E-state index is 13.2. The Bertz CT molecular complexity index is 657. The summed E-state index contributed by atoms with van der Waals surface area (Å²) < 4.78 is 18.1. The SMILES string of the molecule is COC(=O)C1CN(Cc2ccccc2)CC1c1ccc(F)cc1. The van der Waals surface area contributed by atoms with Gasteiger partial charge in [-0.15, -0.1) is 0 Å². The Labute approximate surface area is 135 Å². The van der Waals surface area contributed by atoms with Crippen LogP contribution in [0.1, 0.15) is 17.0 Å². The molecule has 0 N–H and O–H groups in total. The summed E-state index contributed by atoms with van der Waals surface area (Å²) in [6.45, 7) is 2.22. The number of hydrogen-bond donors (Lipinski definition) is 0. The molecule has 0 spiro atoms. The van der Waals surface area contributed by atoms with Crippen molar-refractivity contribution in [3.05, 3.63) is 71.5 Å². The third-order valence-electron chi connectivity index (χ3n) is 4.45. The third kappa shape index (κ3) is 3.59. The number of carbonyl (C=O) groups excluding carboxylic acids is 1. The maximum atomic E-state index is 13.2. The second-order valence-corrected chi connectivity index (χ2v) is 5.97. The molecule has 23 heavy (non-hydrogen) atoms. The van der Waals surface area contributed by atoms with Crippen molar-refractivity contribution < 1.29 is 13.9 Å². The van der Waals surface area contributed by atoms with Gasteiger partial charge in [0, 0.05) is 25.6 Å². The van der Waals surface area contributed by atoms with E-state index in [0.29, 0.717) is 6.54 Å². The fraction of sp³-hybridized carbons (Fsp3) is 0.316. The second-order valence-electron chi connectivity index (χ2n) is 5.97. The van der Waals surface area contributed by atoms with E-state index in [1.807, 2.05) is 18.2 Å². The van der Waals surface area contributed by atoms with Gasteiger partial charge in [-0.1, -0.05) is 42.5 Å². The normalized spacial score (nSPS) is 21.3. The first-order valence-electron chi connectivity index (χ1n) is 7.77. The monoisotopic (exact) mass is 313 g/mol. The summed E-state index contributed by atoms with van der Waals surface area (Å²) in [5, 5.41) is 0. The molecule has 3 nitrogen and oxygen atoms in total. The Morgan fingerprint density at radius 1 is 1.13 bits per heavy atom. The number of methoxy groups -OCH3 is 1. The molecule has 1 fully saturated rings. The van der Waals surface area contributed by atoms with Crippen LogP contribution in [0.5, 0.6) is 0 Å². The van der Waals surface area contributed by atoms with Crippen molar-refractivity contribution in [2.75, 3.05) is 20.2 Å². The highest BCUT2D eigenvalue weighted by atomic mass is 19.1. The Hall–Kier alpha value is -2.20. The van der Waals surface area contributed by atoms with Crippen LogP contribution in [0.4, 0.5) is 4.39 Å². The van der Waals surface area contributed by atoms with E-state index in [1.165, 1.54) is 24.8 Å². The van der Waals surface area contributed by atoms with Crippen LogP contribution in [-0.2, 0) is 16.1 Å². The van der Waals surface area contributed by atoms with Crippen LogP contribution >= 0.6 is 0 Å². The average molecular weight is 313 g/mol. The Balaban J connectivity index is 1.79. The fourth-order valence-corrected chi connectivity index (χ4v) is 3.29. The van der Waals surface area contributed by atoms with Gasteiger partial charge in [-0.05, 0) is 23.3 Å². The van der Waals surface area contributed by atoms with Gasteiger partial charge in [0.2, 0.25) is 0 Å². The number of halogens is 1. The van der Waals surface area contributed by atoms with Gasteiger partial charge in [0.25, 0.3) is 0 Å². The molecule has 0 saturated carbocycles. The van der Waals surface area contributed by atoms with E-state index in [-0.39, 0.29) is 23.6 Å². The molecular weight excluding hydrogens is 293 g/mol. The Kier molecular flexibility index (Phi) is 4.72. The van der Waals surface area contributed by atoms with Gasteiger partial charge >= 0.3 is 5.97 Å². The number of carbonyl (C=O) groups is 1. The molecule has 2 aromatic carbocycles. The van der Waals surface area contributed by atoms with Crippen molar-refractivity contribution in [1.82, 2.24) is 4.90 Å².